The standard InChI is InChI=1S/C29H26FN3O3/c1-2-22-24-25(27(35)33(26(24)34)16-18-10-4-3-5-11-18)29(31-22)20-13-7-9-15-23(20)32(28(29)36)17-19-12-6-8-14-21(19)30/h3-15,22,24-25,31H,2,16-17H2,1H3/t22-,24+,25-,29-/m0/s1. The van der Waals surface area contributed by atoms with E-state index in [1.807, 2.05) is 61.5 Å². The number of fused-ring (bicyclic) bond motifs is 4. The quantitative estimate of drug-likeness (QED) is 0.562. The summed E-state index contributed by atoms with van der Waals surface area (Å²) in [4.78, 5) is 44.7. The fraction of sp³-hybridized carbons (Fsp3) is 0.276. The number of amides is 3. The van der Waals surface area contributed by atoms with Crippen LogP contribution in [-0.4, -0.2) is 28.7 Å². The van der Waals surface area contributed by atoms with Gasteiger partial charge in [-0.05, 0) is 24.1 Å². The normalized spacial score (nSPS) is 26.7. The van der Waals surface area contributed by atoms with E-state index in [4.69, 9.17) is 0 Å². The predicted octanol–water partition coefficient (Wildman–Crippen LogP) is 3.75. The van der Waals surface area contributed by atoms with Gasteiger partial charge < -0.3 is 4.90 Å². The maximum absolute atomic E-state index is 14.6. The second-order valence-electron chi connectivity index (χ2n) is 9.72. The van der Waals surface area contributed by atoms with Crippen LogP contribution in [0.4, 0.5) is 10.1 Å². The van der Waals surface area contributed by atoms with Gasteiger partial charge in [-0.15, -0.1) is 0 Å². The fourth-order valence-electron chi connectivity index (χ4n) is 6.24. The molecule has 7 heteroatoms. The van der Waals surface area contributed by atoms with Gasteiger partial charge in [0.2, 0.25) is 11.8 Å². The van der Waals surface area contributed by atoms with E-state index in [1.165, 1.54) is 11.0 Å². The van der Waals surface area contributed by atoms with E-state index in [0.717, 1.165) is 5.56 Å². The number of carbonyl (C=O) groups excluding carboxylic acids is 3. The van der Waals surface area contributed by atoms with E-state index in [9.17, 15) is 18.8 Å². The number of carbonyl (C=O) groups is 3. The molecule has 6 nitrogen and oxygen atoms in total. The van der Waals surface area contributed by atoms with Crippen LogP contribution in [-0.2, 0) is 33.0 Å². The van der Waals surface area contributed by atoms with E-state index >= 15 is 0 Å². The van der Waals surface area contributed by atoms with Crippen molar-refractivity contribution in [2.24, 2.45) is 11.8 Å². The summed E-state index contributed by atoms with van der Waals surface area (Å²) in [5.74, 6) is -2.81. The van der Waals surface area contributed by atoms with Gasteiger partial charge in [-0.25, -0.2) is 4.39 Å². The average molecular weight is 484 g/mol. The third-order valence-electron chi connectivity index (χ3n) is 7.87. The van der Waals surface area contributed by atoms with Crippen LogP contribution >= 0.6 is 0 Å². The largest absolute Gasteiger partial charge is 0.306 e. The number of imide groups is 1. The number of hydrogen-bond donors (Lipinski definition) is 1. The Hall–Kier alpha value is -3.84. The second-order valence-corrected chi connectivity index (χ2v) is 9.72. The van der Waals surface area contributed by atoms with Gasteiger partial charge in [0, 0.05) is 22.9 Å². The topological polar surface area (TPSA) is 69.7 Å². The summed E-state index contributed by atoms with van der Waals surface area (Å²) in [5.41, 5.74) is 1.17. The lowest BCUT2D eigenvalue weighted by molar-refractivity contribution is -0.143. The van der Waals surface area contributed by atoms with Gasteiger partial charge in [-0.3, -0.25) is 24.6 Å². The zero-order valence-electron chi connectivity index (χ0n) is 19.9. The number of anilines is 1. The molecule has 1 spiro atoms. The summed E-state index contributed by atoms with van der Waals surface area (Å²) in [7, 11) is 0. The second kappa shape index (κ2) is 8.38. The summed E-state index contributed by atoms with van der Waals surface area (Å²) < 4.78 is 14.6. The lowest BCUT2D eigenvalue weighted by Gasteiger charge is -2.30. The Balaban J connectivity index is 1.44. The Morgan fingerprint density at radius 3 is 2.28 bits per heavy atom. The molecule has 1 N–H and O–H groups in total. The number of halogens is 1. The average Bonchev–Trinajstić information content (AvgIpc) is 3.46. The fourth-order valence-corrected chi connectivity index (χ4v) is 6.24. The van der Waals surface area contributed by atoms with Crippen molar-refractivity contribution in [1.29, 1.82) is 0 Å². The van der Waals surface area contributed by atoms with Crippen LogP contribution in [0.2, 0.25) is 0 Å². The SMILES string of the molecule is CC[C@@H]1N[C@]2(C(=O)N(Cc3ccccc3F)c3ccccc32)[C@@H]2C(=O)N(Cc3ccccc3)C(=O)[C@H]12. The Kier molecular flexibility index (Phi) is 5.26. The van der Waals surface area contributed by atoms with Crippen molar-refractivity contribution in [3.63, 3.8) is 0 Å². The lowest BCUT2D eigenvalue weighted by Crippen LogP contribution is -2.55. The van der Waals surface area contributed by atoms with Gasteiger partial charge in [0.1, 0.15) is 11.4 Å². The molecule has 0 aromatic heterocycles. The molecule has 3 amide bonds. The molecule has 0 radical (unpaired) electrons. The zero-order valence-corrected chi connectivity index (χ0v) is 19.9. The Labute approximate surface area is 208 Å². The van der Waals surface area contributed by atoms with E-state index in [0.29, 0.717) is 23.2 Å². The highest BCUT2D eigenvalue weighted by Crippen LogP contribution is 2.55. The number of benzene rings is 3. The molecule has 3 aromatic carbocycles. The van der Waals surface area contributed by atoms with E-state index in [2.05, 4.69) is 5.32 Å². The van der Waals surface area contributed by atoms with Crippen LogP contribution in [0.5, 0.6) is 0 Å². The smallest absolute Gasteiger partial charge is 0.253 e. The molecule has 2 saturated heterocycles. The molecule has 36 heavy (non-hydrogen) atoms. The zero-order chi connectivity index (χ0) is 25.0. The maximum atomic E-state index is 14.6. The van der Waals surface area contributed by atoms with Gasteiger partial charge >= 0.3 is 0 Å². The third kappa shape index (κ3) is 3.09. The highest BCUT2D eigenvalue weighted by Gasteiger charge is 2.71. The van der Waals surface area contributed by atoms with Gasteiger partial charge in [-0.1, -0.05) is 73.7 Å². The minimum Gasteiger partial charge on any atom is -0.306 e. The molecule has 0 aliphatic carbocycles. The molecule has 3 aromatic rings. The summed E-state index contributed by atoms with van der Waals surface area (Å²) in [6, 6.07) is 22.7. The number of para-hydroxylation sites is 1. The van der Waals surface area contributed by atoms with Crippen LogP contribution < -0.4 is 10.2 Å². The number of nitrogens with zero attached hydrogens (tertiary/aromatic N) is 2. The van der Waals surface area contributed by atoms with E-state index in [1.54, 1.807) is 23.1 Å². The molecule has 3 aliphatic rings. The van der Waals surface area contributed by atoms with Gasteiger partial charge in [-0.2, -0.15) is 0 Å². The van der Waals surface area contributed by atoms with Crippen LogP contribution in [0, 0.1) is 17.7 Å². The molecular formula is C29H26FN3O3. The predicted molar refractivity (Wildman–Crippen MR) is 132 cm³/mol. The van der Waals surface area contributed by atoms with Gasteiger partial charge in [0.05, 0.1) is 24.9 Å². The Morgan fingerprint density at radius 1 is 0.833 bits per heavy atom. The Morgan fingerprint density at radius 2 is 1.53 bits per heavy atom. The van der Waals surface area contributed by atoms with Crippen LogP contribution in [0.25, 0.3) is 0 Å². The Bertz CT molecular complexity index is 1380. The third-order valence-corrected chi connectivity index (χ3v) is 7.87. The minimum atomic E-state index is -1.37. The first-order chi connectivity index (χ1) is 17.5. The molecule has 6 rings (SSSR count). The minimum absolute atomic E-state index is 0.0377. The monoisotopic (exact) mass is 483 g/mol. The van der Waals surface area contributed by atoms with Crippen molar-refractivity contribution in [3.8, 4) is 0 Å². The highest BCUT2D eigenvalue weighted by molar-refractivity contribution is 6.16. The van der Waals surface area contributed by atoms with Gasteiger partial charge in [0.15, 0.2) is 0 Å². The van der Waals surface area contributed by atoms with Crippen molar-refractivity contribution in [1.82, 2.24) is 10.2 Å². The number of nitrogens with one attached hydrogen (secondary N) is 1. The molecule has 4 atom stereocenters. The molecule has 0 unspecified atom stereocenters. The van der Waals surface area contributed by atoms with Crippen molar-refractivity contribution in [3.05, 3.63) is 101 Å². The number of rotatable bonds is 5. The summed E-state index contributed by atoms with van der Waals surface area (Å²) in [5, 5.41) is 3.45. The summed E-state index contributed by atoms with van der Waals surface area (Å²) in [6.45, 7) is 2.16. The molecule has 3 aliphatic heterocycles. The maximum Gasteiger partial charge on any atom is 0.253 e. The molecule has 0 saturated carbocycles. The highest BCUT2D eigenvalue weighted by atomic mass is 19.1. The first-order valence-electron chi connectivity index (χ1n) is 12.3. The van der Waals surface area contributed by atoms with Gasteiger partial charge in [0.25, 0.3) is 5.91 Å². The van der Waals surface area contributed by atoms with Crippen LogP contribution in [0.3, 0.4) is 0 Å². The first kappa shape index (κ1) is 22.6. The molecule has 3 heterocycles. The summed E-state index contributed by atoms with van der Waals surface area (Å²) in [6.07, 6.45) is 0.587. The first-order valence-corrected chi connectivity index (χ1v) is 12.3. The van der Waals surface area contributed by atoms with E-state index in [-0.39, 0.29) is 36.9 Å². The van der Waals surface area contributed by atoms with Crippen LogP contribution in [0.1, 0.15) is 30.0 Å². The molecular weight excluding hydrogens is 457 g/mol. The number of likely N-dealkylation sites (tertiary alicyclic amines) is 1. The molecule has 0 bridgehead atoms. The van der Waals surface area contributed by atoms with Crippen LogP contribution in [0.15, 0.2) is 78.9 Å². The van der Waals surface area contributed by atoms with E-state index < -0.39 is 23.2 Å². The van der Waals surface area contributed by atoms with Crippen molar-refractivity contribution in [2.45, 2.75) is 38.0 Å². The summed E-state index contributed by atoms with van der Waals surface area (Å²) >= 11 is 0. The van der Waals surface area contributed by atoms with Crippen molar-refractivity contribution >= 4 is 23.4 Å². The number of hydrogen-bond acceptors (Lipinski definition) is 4. The van der Waals surface area contributed by atoms with Crippen molar-refractivity contribution in [2.75, 3.05) is 4.90 Å². The molecule has 2 fully saturated rings. The van der Waals surface area contributed by atoms with Crippen molar-refractivity contribution < 1.29 is 18.8 Å². The molecule has 182 valence electrons. The lowest BCUT2D eigenvalue weighted by atomic mass is 9.76.